The van der Waals surface area contributed by atoms with Crippen LogP contribution in [0.2, 0.25) is 0 Å². The van der Waals surface area contributed by atoms with E-state index < -0.39 is 11.7 Å². The van der Waals surface area contributed by atoms with Gasteiger partial charge in [-0.05, 0) is 43.5 Å². The lowest BCUT2D eigenvalue weighted by atomic mass is 10.1. The number of hydrogen-bond donors (Lipinski definition) is 1. The molecule has 19 heavy (non-hydrogen) atoms. The topological polar surface area (TPSA) is 32.3 Å². The maximum absolute atomic E-state index is 12.4. The minimum Gasteiger partial charge on any atom is -0.325 e. The molecule has 0 unspecified atom stereocenters. The molecule has 1 aliphatic heterocycles. The molecule has 1 aromatic rings. The molecule has 0 aromatic heterocycles. The molecule has 0 spiro atoms. The van der Waals surface area contributed by atoms with E-state index in [4.69, 9.17) is 0 Å². The first-order valence-electron chi connectivity index (χ1n) is 6.20. The molecule has 0 radical (unpaired) electrons. The lowest BCUT2D eigenvalue weighted by Gasteiger charge is -2.26. The summed E-state index contributed by atoms with van der Waals surface area (Å²) in [6.45, 7) is 1.40. The maximum atomic E-state index is 12.4. The van der Waals surface area contributed by atoms with Crippen molar-refractivity contribution in [2.24, 2.45) is 0 Å². The molecule has 0 atom stereocenters. The lowest BCUT2D eigenvalue weighted by molar-refractivity contribution is -0.137. The zero-order valence-corrected chi connectivity index (χ0v) is 10.3. The third-order valence-corrected chi connectivity index (χ3v) is 3.11. The van der Waals surface area contributed by atoms with Crippen LogP contribution in [0.3, 0.4) is 0 Å². The van der Waals surface area contributed by atoms with E-state index in [1.807, 2.05) is 0 Å². The highest BCUT2D eigenvalue weighted by Crippen LogP contribution is 2.29. The number of benzene rings is 1. The molecule has 1 saturated heterocycles. The van der Waals surface area contributed by atoms with Gasteiger partial charge >= 0.3 is 12.2 Å². The second kappa shape index (κ2) is 5.50. The molecule has 0 bridgehead atoms. The summed E-state index contributed by atoms with van der Waals surface area (Å²) < 4.78 is 37.1. The summed E-state index contributed by atoms with van der Waals surface area (Å²) >= 11 is 0. The number of nitrogens with zero attached hydrogens (tertiary/aromatic N) is 1. The van der Waals surface area contributed by atoms with Crippen molar-refractivity contribution in [2.45, 2.75) is 25.4 Å². The zero-order chi connectivity index (χ0) is 13.9. The number of alkyl halides is 3. The van der Waals surface area contributed by atoms with Crippen LogP contribution < -0.4 is 5.32 Å². The van der Waals surface area contributed by atoms with Crippen molar-refractivity contribution in [3.63, 3.8) is 0 Å². The van der Waals surface area contributed by atoms with Crippen molar-refractivity contribution < 1.29 is 18.0 Å². The smallest absolute Gasteiger partial charge is 0.325 e. The standard InChI is InChI=1S/C13H15F3N2O/c14-13(15,16)10-4-6-11(7-5-10)17-12(19)18-8-2-1-3-9-18/h4-7H,1-3,8-9H2,(H,17,19). The lowest BCUT2D eigenvalue weighted by Crippen LogP contribution is -2.38. The van der Waals surface area contributed by atoms with Crippen LogP contribution in [0.25, 0.3) is 0 Å². The van der Waals surface area contributed by atoms with E-state index >= 15 is 0 Å². The van der Waals surface area contributed by atoms with Crippen LogP contribution in [0.4, 0.5) is 23.7 Å². The SMILES string of the molecule is O=C(Nc1ccc(C(F)(F)F)cc1)N1CCCCC1. The van der Waals surface area contributed by atoms with Gasteiger partial charge in [-0.25, -0.2) is 4.79 Å². The fraction of sp³-hybridized carbons (Fsp3) is 0.462. The van der Waals surface area contributed by atoms with Crippen LogP contribution in [0, 0.1) is 0 Å². The highest BCUT2D eigenvalue weighted by atomic mass is 19.4. The molecule has 1 aliphatic rings. The maximum Gasteiger partial charge on any atom is 0.416 e. The van der Waals surface area contributed by atoms with Gasteiger partial charge in [0.2, 0.25) is 0 Å². The number of carbonyl (C=O) groups excluding carboxylic acids is 1. The van der Waals surface area contributed by atoms with Crippen molar-refractivity contribution in [2.75, 3.05) is 18.4 Å². The van der Waals surface area contributed by atoms with Crippen molar-refractivity contribution >= 4 is 11.7 Å². The van der Waals surface area contributed by atoms with Crippen LogP contribution in [0.1, 0.15) is 24.8 Å². The summed E-state index contributed by atoms with van der Waals surface area (Å²) in [5.74, 6) is 0. The van der Waals surface area contributed by atoms with E-state index in [2.05, 4.69) is 5.32 Å². The molecule has 2 rings (SSSR count). The summed E-state index contributed by atoms with van der Waals surface area (Å²) in [4.78, 5) is 13.5. The fourth-order valence-corrected chi connectivity index (χ4v) is 2.04. The summed E-state index contributed by atoms with van der Waals surface area (Å²) in [5, 5.41) is 2.61. The quantitative estimate of drug-likeness (QED) is 0.830. The van der Waals surface area contributed by atoms with Crippen LogP contribution in [-0.2, 0) is 6.18 Å². The Labute approximate surface area is 109 Å². The Balaban J connectivity index is 1.97. The number of rotatable bonds is 1. The van der Waals surface area contributed by atoms with Gasteiger partial charge < -0.3 is 10.2 Å². The van der Waals surface area contributed by atoms with Gasteiger partial charge in [0.1, 0.15) is 0 Å². The number of piperidine rings is 1. The minimum absolute atomic E-state index is 0.251. The molecule has 1 aromatic carbocycles. The van der Waals surface area contributed by atoms with Crippen molar-refractivity contribution in [1.29, 1.82) is 0 Å². The minimum atomic E-state index is -4.35. The van der Waals surface area contributed by atoms with E-state index in [-0.39, 0.29) is 6.03 Å². The zero-order valence-electron chi connectivity index (χ0n) is 10.3. The number of carbonyl (C=O) groups is 1. The Kier molecular flexibility index (Phi) is 3.97. The average Bonchev–Trinajstić information content (AvgIpc) is 2.39. The Morgan fingerprint density at radius 1 is 1.05 bits per heavy atom. The highest BCUT2D eigenvalue weighted by Gasteiger charge is 2.30. The second-order valence-corrected chi connectivity index (χ2v) is 4.55. The fourth-order valence-electron chi connectivity index (χ4n) is 2.04. The second-order valence-electron chi connectivity index (χ2n) is 4.55. The first-order valence-corrected chi connectivity index (χ1v) is 6.20. The van der Waals surface area contributed by atoms with Gasteiger partial charge in [-0.3, -0.25) is 0 Å². The first-order chi connectivity index (χ1) is 8.97. The summed E-state index contributed by atoms with van der Waals surface area (Å²) in [6, 6.07) is 4.21. The van der Waals surface area contributed by atoms with Crippen molar-refractivity contribution in [3.8, 4) is 0 Å². The third kappa shape index (κ3) is 3.62. The van der Waals surface area contributed by atoms with Crippen molar-refractivity contribution in [1.82, 2.24) is 4.90 Å². The Morgan fingerprint density at radius 2 is 1.63 bits per heavy atom. The summed E-state index contributed by atoms with van der Waals surface area (Å²) in [7, 11) is 0. The molecule has 6 heteroatoms. The molecule has 1 N–H and O–H groups in total. The van der Waals surface area contributed by atoms with Crippen molar-refractivity contribution in [3.05, 3.63) is 29.8 Å². The summed E-state index contributed by atoms with van der Waals surface area (Å²) in [6.07, 6.45) is -1.29. The van der Waals surface area contributed by atoms with Gasteiger partial charge in [-0.1, -0.05) is 0 Å². The van der Waals surface area contributed by atoms with Gasteiger partial charge in [0.15, 0.2) is 0 Å². The molecule has 0 aliphatic carbocycles. The van der Waals surface area contributed by atoms with Gasteiger partial charge in [-0.2, -0.15) is 13.2 Å². The van der Waals surface area contributed by atoms with E-state index in [0.29, 0.717) is 18.8 Å². The van der Waals surface area contributed by atoms with Gasteiger partial charge in [0.05, 0.1) is 5.56 Å². The van der Waals surface area contributed by atoms with Gasteiger partial charge in [0.25, 0.3) is 0 Å². The Morgan fingerprint density at radius 3 is 2.16 bits per heavy atom. The number of hydrogen-bond acceptors (Lipinski definition) is 1. The first kappa shape index (κ1) is 13.7. The van der Waals surface area contributed by atoms with E-state index in [9.17, 15) is 18.0 Å². The Hall–Kier alpha value is -1.72. The van der Waals surface area contributed by atoms with Gasteiger partial charge in [-0.15, -0.1) is 0 Å². The highest BCUT2D eigenvalue weighted by molar-refractivity contribution is 5.89. The third-order valence-electron chi connectivity index (χ3n) is 3.11. The van der Waals surface area contributed by atoms with Crippen LogP contribution in [0.5, 0.6) is 0 Å². The van der Waals surface area contributed by atoms with Crippen LogP contribution >= 0.6 is 0 Å². The molecule has 2 amide bonds. The molecule has 1 fully saturated rings. The monoisotopic (exact) mass is 272 g/mol. The van der Waals surface area contributed by atoms with Crippen LogP contribution in [-0.4, -0.2) is 24.0 Å². The molecule has 104 valence electrons. The number of likely N-dealkylation sites (tertiary alicyclic amines) is 1. The molecular weight excluding hydrogens is 257 g/mol. The number of urea groups is 1. The molecular formula is C13H15F3N2O. The van der Waals surface area contributed by atoms with Gasteiger partial charge in [0, 0.05) is 18.8 Å². The normalized spacial score (nSPS) is 16.3. The molecule has 0 saturated carbocycles. The average molecular weight is 272 g/mol. The molecule has 1 heterocycles. The van der Waals surface area contributed by atoms with E-state index in [1.54, 1.807) is 4.90 Å². The number of nitrogens with one attached hydrogen (secondary N) is 1. The van der Waals surface area contributed by atoms with E-state index in [1.165, 1.54) is 12.1 Å². The predicted octanol–water partition coefficient (Wildman–Crippen LogP) is 3.72. The number of anilines is 1. The molecule has 3 nitrogen and oxygen atoms in total. The number of halogens is 3. The predicted molar refractivity (Wildman–Crippen MR) is 65.9 cm³/mol. The number of amides is 2. The summed E-state index contributed by atoms with van der Waals surface area (Å²) in [5.41, 5.74) is -0.341. The largest absolute Gasteiger partial charge is 0.416 e. The Bertz CT molecular complexity index is 436. The van der Waals surface area contributed by atoms with E-state index in [0.717, 1.165) is 31.4 Å². The van der Waals surface area contributed by atoms with Crippen LogP contribution in [0.15, 0.2) is 24.3 Å².